The number of aromatic nitrogens is 4. The molecule has 0 bridgehead atoms. The Morgan fingerprint density at radius 1 is 1.08 bits per heavy atom. The van der Waals surface area contributed by atoms with E-state index >= 15 is 0 Å². The van der Waals surface area contributed by atoms with Crippen LogP contribution in [0.15, 0.2) is 41.4 Å². The molecule has 24 heavy (non-hydrogen) atoms. The molecular formula is C18H21N5O. The van der Waals surface area contributed by atoms with E-state index in [1.54, 1.807) is 12.5 Å². The summed E-state index contributed by atoms with van der Waals surface area (Å²) in [7, 11) is 1.97. The number of imidazole rings is 1. The molecule has 0 aromatic carbocycles. The lowest BCUT2D eigenvalue weighted by atomic mass is 10.2. The Bertz CT molecular complexity index is 801. The highest BCUT2D eigenvalue weighted by atomic mass is 16.3. The summed E-state index contributed by atoms with van der Waals surface area (Å²) in [5, 5.41) is 0. The number of hydrogen-bond donors (Lipinski definition) is 0. The van der Waals surface area contributed by atoms with E-state index in [0.29, 0.717) is 0 Å². The lowest BCUT2D eigenvalue weighted by Crippen LogP contribution is -2.26. The molecule has 0 radical (unpaired) electrons. The minimum atomic E-state index is 0.742. The van der Waals surface area contributed by atoms with E-state index in [1.165, 1.54) is 25.7 Å². The molecule has 0 atom stereocenters. The third-order valence-electron chi connectivity index (χ3n) is 4.48. The fraction of sp³-hybridized carbons (Fsp3) is 0.389. The monoisotopic (exact) mass is 323 g/mol. The van der Waals surface area contributed by atoms with Crippen molar-refractivity contribution in [1.82, 2.24) is 19.5 Å². The highest BCUT2D eigenvalue weighted by molar-refractivity contribution is 5.75. The van der Waals surface area contributed by atoms with Crippen LogP contribution in [0.5, 0.6) is 0 Å². The number of hydrogen-bond acceptors (Lipinski definition) is 5. The van der Waals surface area contributed by atoms with Crippen LogP contribution >= 0.6 is 0 Å². The van der Waals surface area contributed by atoms with Gasteiger partial charge in [0.15, 0.2) is 5.76 Å². The van der Waals surface area contributed by atoms with Gasteiger partial charge in [0.1, 0.15) is 11.5 Å². The Labute approximate surface area is 141 Å². The van der Waals surface area contributed by atoms with Crippen LogP contribution in [-0.4, -0.2) is 32.6 Å². The molecule has 3 aromatic rings. The molecule has 1 saturated heterocycles. The predicted molar refractivity (Wildman–Crippen MR) is 92.6 cm³/mol. The summed E-state index contributed by atoms with van der Waals surface area (Å²) in [6.45, 7) is 2.03. The Hall–Kier alpha value is -2.63. The topological polar surface area (TPSA) is 60.0 Å². The molecule has 0 unspecified atom stereocenters. The summed E-state index contributed by atoms with van der Waals surface area (Å²) < 4.78 is 7.59. The lowest BCUT2D eigenvalue weighted by Gasteiger charge is -2.21. The van der Waals surface area contributed by atoms with Crippen molar-refractivity contribution >= 4 is 5.95 Å². The van der Waals surface area contributed by atoms with Crippen LogP contribution in [0.3, 0.4) is 0 Å². The first-order valence-electron chi connectivity index (χ1n) is 8.46. The normalized spacial score (nSPS) is 15.5. The van der Waals surface area contributed by atoms with Gasteiger partial charge in [-0.05, 0) is 25.0 Å². The van der Waals surface area contributed by atoms with Crippen LogP contribution in [0.1, 0.15) is 25.7 Å². The molecule has 0 N–H and O–H groups in total. The fourth-order valence-electron chi connectivity index (χ4n) is 3.19. The van der Waals surface area contributed by atoms with E-state index in [1.807, 2.05) is 36.1 Å². The second-order valence-electron chi connectivity index (χ2n) is 6.17. The quantitative estimate of drug-likeness (QED) is 0.738. The first-order chi connectivity index (χ1) is 11.8. The molecule has 1 fully saturated rings. The molecule has 1 aliphatic rings. The highest BCUT2D eigenvalue weighted by Crippen LogP contribution is 2.31. The van der Waals surface area contributed by atoms with Crippen molar-refractivity contribution in [3.8, 4) is 22.8 Å². The zero-order chi connectivity index (χ0) is 16.4. The van der Waals surface area contributed by atoms with Crippen LogP contribution < -0.4 is 4.90 Å². The highest BCUT2D eigenvalue weighted by Gasteiger charge is 2.19. The van der Waals surface area contributed by atoms with E-state index in [-0.39, 0.29) is 0 Å². The first kappa shape index (κ1) is 14.9. The van der Waals surface area contributed by atoms with Crippen LogP contribution in [0.4, 0.5) is 5.95 Å². The van der Waals surface area contributed by atoms with Gasteiger partial charge in [0.25, 0.3) is 0 Å². The first-order valence-corrected chi connectivity index (χ1v) is 8.46. The third kappa shape index (κ3) is 2.79. The van der Waals surface area contributed by atoms with Crippen molar-refractivity contribution in [2.75, 3.05) is 18.0 Å². The molecular weight excluding hydrogens is 302 g/mol. The summed E-state index contributed by atoms with van der Waals surface area (Å²) >= 11 is 0. The van der Waals surface area contributed by atoms with Crippen molar-refractivity contribution < 1.29 is 4.42 Å². The third-order valence-corrected chi connectivity index (χ3v) is 4.48. The molecule has 4 rings (SSSR count). The number of aryl methyl sites for hydroxylation is 1. The molecule has 1 aliphatic heterocycles. The summed E-state index contributed by atoms with van der Waals surface area (Å²) in [6, 6.07) is 3.81. The standard InChI is InChI=1S/C18H21N5O/c1-22-11-8-19-17(22)14-13-20-18(23-9-4-2-3-5-10-23)21-16(14)15-7-6-12-24-15/h6-8,11-13H,2-5,9-10H2,1H3. The maximum Gasteiger partial charge on any atom is 0.226 e. The molecule has 3 aromatic heterocycles. The van der Waals surface area contributed by atoms with Crippen molar-refractivity contribution in [3.05, 3.63) is 37.0 Å². The Balaban J connectivity index is 1.79. The van der Waals surface area contributed by atoms with E-state index in [4.69, 9.17) is 9.40 Å². The number of furan rings is 1. The van der Waals surface area contributed by atoms with Gasteiger partial charge in [0.05, 0.1) is 11.8 Å². The molecule has 124 valence electrons. The lowest BCUT2D eigenvalue weighted by molar-refractivity contribution is 0.579. The Morgan fingerprint density at radius 3 is 2.58 bits per heavy atom. The Morgan fingerprint density at radius 2 is 1.92 bits per heavy atom. The average Bonchev–Trinajstić information content (AvgIpc) is 3.20. The number of anilines is 1. The smallest absolute Gasteiger partial charge is 0.226 e. The van der Waals surface area contributed by atoms with Gasteiger partial charge in [-0.2, -0.15) is 0 Å². The van der Waals surface area contributed by atoms with Crippen LogP contribution in [0.25, 0.3) is 22.8 Å². The van der Waals surface area contributed by atoms with E-state index < -0.39 is 0 Å². The van der Waals surface area contributed by atoms with Gasteiger partial charge >= 0.3 is 0 Å². The van der Waals surface area contributed by atoms with Gasteiger partial charge < -0.3 is 13.9 Å². The summed E-state index contributed by atoms with van der Waals surface area (Å²) in [6.07, 6.45) is 12.2. The predicted octanol–water partition coefficient (Wildman–Crippen LogP) is 3.52. The van der Waals surface area contributed by atoms with Crippen LogP contribution in [-0.2, 0) is 7.05 Å². The fourth-order valence-corrected chi connectivity index (χ4v) is 3.19. The van der Waals surface area contributed by atoms with Gasteiger partial charge in [-0.1, -0.05) is 12.8 Å². The minimum absolute atomic E-state index is 0.742. The van der Waals surface area contributed by atoms with E-state index in [9.17, 15) is 0 Å². The maximum absolute atomic E-state index is 5.62. The van der Waals surface area contributed by atoms with Gasteiger partial charge in [0.2, 0.25) is 5.95 Å². The van der Waals surface area contributed by atoms with Crippen molar-refractivity contribution in [2.45, 2.75) is 25.7 Å². The van der Waals surface area contributed by atoms with E-state index in [2.05, 4.69) is 14.9 Å². The van der Waals surface area contributed by atoms with E-state index in [0.717, 1.165) is 41.9 Å². The average molecular weight is 323 g/mol. The second-order valence-corrected chi connectivity index (χ2v) is 6.17. The van der Waals surface area contributed by atoms with Gasteiger partial charge in [-0.3, -0.25) is 0 Å². The largest absolute Gasteiger partial charge is 0.463 e. The zero-order valence-electron chi connectivity index (χ0n) is 13.9. The molecule has 6 heteroatoms. The van der Waals surface area contributed by atoms with Crippen molar-refractivity contribution in [3.63, 3.8) is 0 Å². The maximum atomic E-state index is 5.62. The van der Waals surface area contributed by atoms with Gasteiger partial charge in [0, 0.05) is 38.7 Å². The molecule has 6 nitrogen and oxygen atoms in total. The summed E-state index contributed by atoms with van der Waals surface area (Å²) in [4.78, 5) is 16.2. The number of nitrogens with zero attached hydrogens (tertiary/aromatic N) is 5. The van der Waals surface area contributed by atoms with Crippen molar-refractivity contribution in [1.29, 1.82) is 0 Å². The zero-order valence-corrected chi connectivity index (χ0v) is 13.9. The summed E-state index contributed by atoms with van der Waals surface area (Å²) in [5.74, 6) is 2.36. The molecule has 0 aliphatic carbocycles. The molecule has 4 heterocycles. The van der Waals surface area contributed by atoms with Gasteiger partial charge in [-0.15, -0.1) is 0 Å². The Kier molecular flexibility index (Phi) is 4.02. The molecule has 0 amide bonds. The second kappa shape index (κ2) is 6.47. The molecule has 0 spiro atoms. The minimum Gasteiger partial charge on any atom is -0.463 e. The van der Waals surface area contributed by atoms with Crippen molar-refractivity contribution in [2.24, 2.45) is 7.05 Å². The summed E-state index contributed by atoms with van der Waals surface area (Å²) in [5.41, 5.74) is 1.68. The van der Waals surface area contributed by atoms with Crippen LogP contribution in [0.2, 0.25) is 0 Å². The van der Waals surface area contributed by atoms with Crippen LogP contribution in [0, 0.1) is 0 Å². The van der Waals surface area contributed by atoms with Gasteiger partial charge in [-0.25, -0.2) is 15.0 Å². The SMILES string of the molecule is Cn1ccnc1-c1cnc(N2CCCCCC2)nc1-c1ccco1. The number of rotatable bonds is 3. The molecule has 0 saturated carbocycles.